The van der Waals surface area contributed by atoms with Crippen molar-refractivity contribution in [3.05, 3.63) is 29.8 Å². The number of nitrogens with one attached hydrogen (secondary N) is 1. The second-order valence-electron chi connectivity index (χ2n) is 5.49. The minimum atomic E-state index is 0.695. The molecule has 0 atom stereocenters. The fraction of sp³-hybridized carbons (Fsp3) is 0.571. The fourth-order valence-electron chi connectivity index (χ4n) is 2.74. The predicted octanol–water partition coefficient (Wildman–Crippen LogP) is 2.55. The van der Waals surface area contributed by atoms with Crippen LogP contribution in [0.1, 0.15) is 31.2 Å². The number of hydrogen-bond acceptors (Lipinski definition) is 2. The third-order valence-corrected chi connectivity index (χ3v) is 4.09. The Bertz CT molecular complexity index is 378. The summed E-state index contributed by atoms with van der Waals surface area (Å²) in [4.78, 5) is 0. The van der Waals surface area contributed by atoms with E-state index in [1.807, 2.05) is 12.1 Å². The van der Waals surface area contributed by atoms with Crippen LogP contribution in [0.15, 0.2) is 24.3 Å². The maximum atomic E-state index is 5.76. The third kappa shape index (κ3) is 2.07. The van der Waals surface area contributed by atoms with Gasteiger partial charge in [0.2, 0.25) is 0 Å². The summed E-state index contributed by atoms with van der Waals surface area (Å²) in [6.45, 7) is 2.16. The van der Waals surface area contributed by atoms with E-state index in [-0.39, 0.29) is 0 Å². The molecule has 0 saturated heterocycles. The van der Waals surface area contributed by atoms with Crippen LogP contribution >= 0.6 is 0 Å². The Hall–Kier alpha value is -1.02. The van der Waals surface area contributed by atoms with Crippen molar-refractivity contribution in [2.24, 2.45) is 11.3 Å². The molecule has 3 N–H and O–H groups in total. The van der Waals surface area contributed by atoms with Gasteiger partial charge in [-0.2, -0.15) is 0 Å². The van der Waals surface area contributed by atoms with Gasteiger partial charge < -0.3 is 11.1 Å². The van der Waals surface area contributed by atoms with Gasteiger partial charge in [0.1, 0.15) is 0 Å². The first-order valence-corrected chi connectivity index (χ1v) is 6.34. The lowest BCUT2D eigenvalue weighted by Gasteiger charge is -2.15. The van der Waals surface area contributed by atoms with E-state index in [2.05, 4.69) is 17.4 Å². The van der Waals surface area contributed by atoms with Gasteiger partial charge in [-0.3, -0.25) is 0 Å². The van der Waals surface area contributed by atoms with Crippen LogP contribution < -0.4 is 11.1 Å². The largest absolute Gasteiger partial charge is 0.399 e. The Morgan fingerprint density at radius 3 is 2.75 bits per heavy atom. The summed E-state index contributed by atoms with van der Waals surface area (Å²) in [7, 11) is 0. The summed E-state index contributed by atoms with van der Waals surface area (Å²) in [5.41, 5.74) is 8.62. The third-order valence-electron chi connectivity index (χ3n) is 4.09. The maximum Gasteiger partial charge on any atom is 0.0317 e. The molecule has 2 aliphatic rings. The molecular weight excluding hydrogens is 196 g/mol. The van der Waals surface area contributed by atoms with Gasteiger partial charge in [0.05, 0.1) is 0 Å². The first kappa shape index (κ1) is 10.2. The molecule has 0 aromatic heterocycles. The number of nitrogens with two attached hydrogens (primary N) is 1. The van der Waals surface area contributed by atoms with Crippen LogP contribution in [0.4, 0.5) is 5.69 Å². The van der Waals surface area contributed by atoms with E-state index < -0.39 is 0 Å². The lowest BCUT2D eigenvalue weighted by Crippen LogP contribution is -2.25. The number of anilines is 1. The van der Waals surface area contributed by atoms with E-state index in [9.17, 15) is 0 Å². The normalized spacial score (nSPS) is 22.0. The van der Waals surface area contributed by atoms with Crippen molar-refractivity contribution in [2.75, 3.05) is 12.3 Å². The molecule has 0 unspecified atom stereocenters. The highest BCUT2D eigenvalue weighted by atomic mass is 14.9. The molecule has 2 fully saturated rings. The quantitative estimate of drug-likeness (QED) is 0.742. The summed E-state index contributed by atoms with van der Waals surface area (Å²) in [6.07, 6.45) is 5.84. The second-order valence-corrected chi connectivity index (χ2v) is 5.49. The number of benzene rings is 1. The molecule has 3 rings (SSSR count). The summed E-state index contributed by atoms with van der Waals surface area (Å²) < 4.78 is 0. The summed E-state index contributed by atoms with van der Waals surface area (Å²) >= 11 is 0. The van der Waals surface area contributed by atoms with Crippen molar-refractivity contribution in [3.63, 3.8) is 0 Å². The first-order chi connectivity index (χ1) is 7.78. The highest BCUT2D eigenvalue weighted by molar-refractivity contribution is 5.40. The average molecular weight is 216 g/mol. The van der Waals surface area contributed by atoms with Gasteiger partial charge in [-0.05, 0) is 54.7 Å². The monoisotopic (exact) mass is 216 g/mol. The van der Waals surface area contributed by atoms with Crippen molar-refractivity contribution < 1.29 is 0 Å². The lowest BCUT2D eigenvalue weighted by atomic mass is 10.0. The van der Waals surface area contributed by atoms with E-state index in [0.29, 0.717) is 5.41 Å². The molecule has 2 nitrogen and oxygen atoms in total. The zero-order valence-corrected chi connectivity index (χ0v) is 9.71. The number of nitrogen functional groups attached to an aromatic ring is 1. The van der Waals surface area contributed by atoms with Gasteiger partial charge in [-0.15, -0.1) is 0 Å². The minimum Gasteiger partial charge on any atom is -0.399 e. The van der Waals surface area contributed by atoms with Crippen LogP contribution in [0.5, 0.6) is 0 Å². The molecule has 0 heterocycles. The van der Waals surface area contributed by atoms with Crippen molar-refractivity contribution in [1.82, 2.24) is 5.32 Å². The van der Waals surface area contributed by atoms with Gasteiger partial charge in [-0.25, -0.2) is 0 Å². The SMILES string of the molecule is Nc1cccc(CNCC2(C3CC3)CC2)c1. The van der Waals surface area contributed by atoms with Gasteiger partial charge >= 0.3 is 0 Å². The fourth-order valence-corrected chi connectivity index (χ4v) is 2.74. The topological polar surface area (TPSA) is 38.0 Å². The highest BCUT2D eigenvalue weighted by Crippen LogP contribution is 2.60. The summed E-state index contributed by atoms with van der Waals surface area (Å²) in [5, 5.41) is 3.60. The molecule has 1 aromatic rings. The van der Waals surface area contributed by atoms with Crippen LogP contribution in [0, 0.1) is 11.3 Å². The summed E-state index contributed by atoms with van der Waals surface area (Å²) in [6, 6.07) is 8.17. The Labute approximate surface area is 97.2 Å². The molecule has 2 saturated carbocycles. The van der Waals surface area contributed by atoms with Crippen LogP contribution in [0.2, 0.25) is 0 Å². The van der Waals surface area contributed by atoms with Crippen LogP contribution in [-0.4, -0.2) is 6.54 Å². The molecule has 2 aliphatic carbocycles. The van der Waals surface area contributed by atoms with Gasteiger partial charge in [-0.1, -0.05) is 12.1 Å². The smallest absolute Gasteiger partial charge is 0.0317 e. The molecule has 0 aliphatic heterocycles. The molecule has 2 heteroatoms. The Kier molecular flexibility index (Phi) is 2.40. The van der Waals surface area contributed by atoms with E-state index in [1.165, 1.54) is 37.8 Å². The van der Waals surface area contributed by atoms with E-state index >= 15 is 0 Å². The van der Waals surface area contributed by atoms with Crippen LogP contribution in [0.3, 0.4) is 0 Å². The molecular formula is C14H20N2. The van der Waals surface area contributed by atoms with Crippen molar-refractivity contribution in [3.8, 4) is 0 Å². The molecule has 1 aromatic carbocycles. The number of hydrogen-bond donors (Lipinski definition) is 2. The van der Waals surface area contributed by atoms with Crippen molar-refractivity contribution in [1.29, 1.82) is 0 Å². The van der Waals surface area contributed by atoms with Crippen LogP contribution in [-0.2, 0) is 6.54 Å². The Morgan fingerprint density at radius 2 is 2.12 bits per heavy atom. The maximum absolute atomic E-state index is 5.76. The standard InChI is InChI=1S/C14H20N2/c15-13-3-1-2-11(8-13)9-16-10-14(6-7-14)12-4-5-12/h1-3,8,12,16H,4-7,9-10,15H2. The summed E-state index contributed by atoms with van der Waals surface area (Å²) in [5.74, 6) is 1.04. The zero-order valence-electron chi connectivity index (χ0n) is 9.71. The second kappa shape index (κ2) is 3.77. The number of rotatable bonds is 5. The first-order valence-electron chi connectivity index (χ1n) is 6.34. The van der Waals surface area contributed by atoms with Gasteiger partial charge in [0, 0.05) is 18.8 Å². The molecule has 86 valence electrons. The zero-order chi connectivity index (χ0) is 11.0. The predicted molar refractivity (Wildman–Crippen MR) is 67.0 cm³/mol. The Morgan fingerprint density at radius 1 is 1.31 bits per heavy atom. The van der Waals surface area contributed by atoms with E-state index in [0.717, 1.165) is 18.2 Å². The molecule has 16 heavy (non-hydrogen) atoms. The average Bonchev–Trinajstić information content (AvgIpc) is 3.13. The Balaban J connectivity index is 1.50. The highest BCUT2D eigenvalue weighted by Gasteiger charge is 2.53. The van der Waals surface area contributed by atoms with E-state index in [1.54, 1.807) is 0 Å². The molecule has 0 bridgehead atoms. The van der Waals surface area contributed by atoms with E-state index in [4.69, 9.17) is 5.73 Å². The lowest BCUT2D eigenvalue weighted by molar-refractivity contribution is 0.403. The van der Waals surface area contributed by atoms with Gasteiger partial charge in [0.25, 0.3) is 0 Å². The van der Waals surface area contributed by atoms with Crippen molar-refractivity contribution >= 4 is 5.69 Å². The van der Waals surface area contributed by atoms with Crippen molar-refractivity contribution in [2.45, 2.75) is 32.2 Å². The molecule has 0 amide bonds. The minimum absolute atomic E-state index is 0.695. The van der Waals surface area contributed by atoms with Gasteiger partial charge in [0.15, 0.2) is 0 Å². The molecule has 0 radical (unpaired) electrons. The molecule has 0 spiro atoms. The van der Waals surface area contributed by atoms with Crippen LogP contribution in [0.25, 0.3) is 0 Å².